The predicted molar refractivity (Wildman–Crippen MR) is 96.4 cm³/mol. The minimum atomic E-state index is -0.504. The number of carbonyl (C=O) groups is 1. The van der Waals surface area contributed by atoms with Gasteiger partial charge in [-0.15, -0.1) is 0 Å². The molecule has 4 nitrogen and oxygen atoms in total. The van der Waals surface area contributed by atoms with Crippen LogP contribution in [0.25, 0.3) is 0 Å². The molecule has 0 saturated carbocycles. The number of thiol groups is 1. The third kappa shape index (κ3) is 3.22. The highest BCUT2D eigenvalue weighted by molar-refractivity contribution is 7.80. The lowest BCUT2D eigenvalue weighted by molar-refractivity contribution is -0.130. The van der Waals surface area contributed by atoms with Crippen LogP contribution in [0.15, 0.2) is 42.5 Å². The second-order valence-electron chi connectivity index (χ2n) is 6.39. The van der Waals surface area contributed by atoms with Crippen molar-refractivity contribution in [3.05, 3.63) is 59.2 Å². The molecule has 0 bridgehead atoms. The number of amides is 1. The zero-order valence-corrected chi connectivity index (χ0v) is 14.2. The smallest absolute Gasteiger partial charge is 0.227 e. The van der Waals surface area contributed by atoms with E-state index in [2.05, 4.69) is 30.1 Å². The lowest BCUT2D eigenvalue weighted by atomic mass is 9.72. The summed E-state index contributed by atoms with van der Waals surface area (Å²) in [5, 5.41) is 21.9. The number of aryl methyl sites for hydroxylation is 1. The van der Waals surface area contributed by atoms with Crippen LogP contribution in [0.2, 0.25) is 0 Å². The van der Waals surface area contributed by atoms with Crippen LogP contribution >= 0.6 is 12.6 Å². The Morgan fingerprint density at radius 2 is 1.88 bits per heavy atom. The predicted octanol–water partition coefficient (Wildman–Crippen LogP) is 2.82. The molecule has 1 atom stereocenters. The summed E-state index contributed by atoms with van der Waals surface area (Å²) in [5.41, 5.74) is 2.77. The van der Waals surface area contributed by atoms with E-state index in [4.69, 9.17) is 0 Å². The van der Waals surface area contributed by atoms with Gasteiger partial charge in [-0.3, -0.25) is 4.79 Å². The number of aromatic hydroxyl groups is 2. The molecule has 3 rings (SSSR count). The summed E-state index contributed by atoms with van der Waals surface area (Å²) in [6.07, 6.45) is 2.35. The number of carbonyl (C=O) groups excluding carboxylic acids is 1. The average molecular weight is 343 g/mol. The zero-order valence-electron chi connectivity index (χ0n) is 13.3. The van der Waals surface area contributed by atoms with E-state index in [0.29, 0.717) is 18.7 Å². The van der Waals surface area contributed by atoms with Crippen LogP contribution in [0.5, 0.6) is 11.5 Å². The van der Waals surface area contributed by atoms with Gasteiger partial charge in [0.2, 0.25) is 5.91 Å². The van der Waals surface area contributed by atoms with Gasteiger partial charge in [0.05, 0.1) is 5.41 Å². The maximum Gasteiger partial charge on any atom is 0.227 e. The topological polar surface area (TPSA) is 69.6 Å². The molecule has 0 heterocycles. The molecule has 1 amide bonds. The maximum atomic E-state index is 12.8. The second kappa shape index (κ2) is 6.77. The SMILES string of the molecule is O=C(NCc1ccc(O)c(O)c1)C1(CS)CCc2ccccc2C1. The quantitative estimate of drug-likeness (QED) is 0.510. The van der Waals surface area contributed by atoms with Gasteiger partial charge in [0, 0.05) is 12.3 Å². The summed E-state index contributed by atoms with van der Waals surface area (Å²) in [6, 6.07) is 12.8. The first-order valence-electron chi connectivity index (χ1n) is 8.01. The zero-order chi connectivity index (χ0) is 17.2. The maximum absolute atomic E-state index is 12.8. The Hall–Kier alpha value is -2.14. The van der Waals surface area contributed by atoms with Crippen molar-refractivity contribution in [1.29, 1.82) is 0 Å². The number of hydrogen-bond acceptors (Lipinski definition) is 4. The Balaban J connectivity index is 1.72. The summed E-state index contributed by atoms with van der Waals surface area (Å²) >= 11 is 4.46. The molecule has 1 aliphatic carbocycles. The Morgan fingerprint density at radius 1 is 1.12 bits per heavy atom. The van der Waals surface area contributed by atoms with Crippen molar-refractivity contribution in [1.82, 2.24) is 5.32 Å². The normalized spacial score (nSPS) is 19.5. The standard InChI is InChI=1S/C19H21NO3S/c21-16-6-5-13(9-17(16)22)11-20-18(23)19(12-24)8-7-14-3-1-2-4-15(14)10-19/h1-6,9,21-22,24H,7-8,10-12H2,(H,20,23). The van der Waals surface area contributed by atoms with Crippen molar-refractivity contribution < 1.29 is 15.0 Å². The highest BCUT2D eigenvalue weighted by atomic mass is 32.1. The van der Waals surface area contributed by atoms with Crippen molar-refractivity contribution in [2.75, 3.05) is 5.75 Å². The monoisotopic (exact) mass is 343 g/mol. The minimum absolute atomic E-state index is 0.0143. The third-order valence-corrected chi connectivity index (χ3v) is 5.40. The first-order valence-corrected chi connectivity index (χ1v) is 8.64. The van der Waals surface area contributed by atoms with Gasteiger partial charge >= 0.3 is 0 Å². The van der Waals surface area contributed by atoms with E-state index >= 15 is 0 Å². The molecule has 0 radical (unpaired) electrons. The molecule has 24 heavy (non-hydrogen) atoms. The van der Waals surface area contributed by atoms with Crippen LogP contribution in [-0.4, -0.2) is 21.9 Å². The number of rotatable bonds is 4. The van der Waals surface area contributed by atoms with Gasteiger partial charge in [0.1, 0.15) is 0 Å². The molecule has 0 fully saturated rings. The fraction of sp³-hybridized carbons (Fsp3) is 0.316. The number of fused-ring (bicyclic) bond motifs is 1. The molecule has 126 valence electrons. The Kier molecular flexibility index (Phi) is 4.71. The number of nitrogens with one attached hydrogen (secondary N) is 1. The molecule has 5 heteroatoms. The van der Waals surface area contributed by atoms with E-state index in [9.17, 15) is 15.0 Å². The molecule has 1 unspecified atom stereocenters. The first kappa shape index (κ1) is 16.7. The van der Waals surface area contributed by atoms with Crippen molar-refractivity contribution in [3.8, 4) is 11.5 Å². The number of benzene rings is 2. The van der Waals surface area contributed by atoms with Crippen LogP contribution in [0.4, 0.5) is 0 Å². The van der Waals surface area contributed by atoms with Gasteiger partial charge in [0.25, 0.3) is 0 Å². The largest absolute Gasteiger partial charge is 0.504 e. The van der Waals surface area contributed by atoms with Crippen LogP contribution < -0.4 is 5.32 Å². The fourth-order valence-corrected chi connectivity index (χ4v) is 3.66. The summed E-state index contributed by atoms with van der Waals surface area (Å²) in [4.78, 5) is 12.8. The van der Waals surface area contributed by atoms with Crippen molar-refractivity contribution in [2.45, 2.75) is 25.8 Å². The van der Waals surface area contributed by atoms with Gasteiger partial charge in [0.15, 0.2) is 11.5 Å². The highest BCUT2D eigenvalue weighted by Gasteiger charge is 2.39. The third-order valence-electron chi connectivity index (χ3n) is 4.80. The molecule has 1 aliphatic rings. The summed E-state index contributed by atoms with van der Waals surface area (Å²) in [5.74, 6) is 0.131. The first-order chi connectivity index (χ1) is 11.5. The molecular formula is C19H21NO3S. The van der Waals surface area contributed by atoms with Crippen LogP contribution in [-0.2, 0) is 24.2 Å². The van der Waals surface area contributed by atoms with Crippen molar-refractivity contribution in [3.63, 3.8) is 0 Å². The van der Waals surface area contributed by atoms with Gasteiger partial charge in [-0.25, -0.2) is 0 Å². The van der Waals surface area contributed by atoms with Crippen molar-refractivity contribution in [2.24, 2.45) is 5.41 Å². The van der Waals surface area contributed by atoms with E-state index in [1.54, 1.807) is 6.07 Å². The van der Waals surface area contributed by atoms with Crippen molar-refractivity contribution >= 4 is 18.5 Å². The second-order valence-corrected chi connectivity index (χ2v) is 6.71. The Labute approximate surface area is 146 Å². The van der Waals surface area contributed by atoms with Gasteiger partial charge in [-0.05, 0) is 48.1 Å². The van der Waals surface area contributed by atoms with Crippen LogP contribution in [0.3, 0.4) is 0 Å². The van der Waals surface area contributed by atoms with Crippen LogP contribution in [0, 0.1) is 5.41 Å². The van der Waals surface area contributed by atoms with E-state index in [1.165, 1.54) is 23.3 Å². The molecule has 2 aromatic carbocycles. The number of phenolic OH excluding ortho intramolecular Hbond substituents is 2. The molecule has 0 spiro atoms. The molecule has 2 aromatic rings. The van der Waals surface area contributed by atoms with Gasteiger partial charge in [-0.1, -0.05) is 30.3 Å². The lowest BCUT2D eigenvalue weighted by Gasteiger charge is -2.35. The van der Waals surface area contributed by atoms with Crippen LogP contribution in [0.1, 0.15) is 23.1 Å². The highest BCUT2D eigenvalue weighted by Crippen LogP contribution is 2.37. The fourth-order valence-electron chi connectivity index (χ4n) is 3.25. The van der Waals surface area contributed by atoms with E-state index in [1.807, 2.05) is 12.1 Å². The molecule has 0 saturated heterocycles. The molecule has 3 N–H and O–H groups in total. The Bertz CT molecular complexity index is 762. The molecule has 0 aromatic heterocycles. The van der Waals surface area contributed by atoms with E-state index in [0.717, 1.165) is 18.4 Å². The molecular weight excluding hydrogens is 322 g/mol. The Morgan fingerprint density at radius 3 is 2.58 bits per heavy atom. The van der Waals surface area contributed by atoms with Gasteiger partial charge in [-0.2, -0.15) is 12.6 Å². The van der Waals surface area contributed by atoms with E-state index < -0.39 is 5.41 Å². The lowest BCUT2D eigenvalue weighted by Crippen LogP contribution is -2.45. The average Bonchev–Trinajstić information content (AvgIpc) is 2.62. The molecule has 0 aliphatic heterocycles. The summed E-state index contributed by atoms with van der Waals surface area (Å²) in [6.45, 7) is 0.309. The van der Waals surface area contributed by atoms with E-state index in [-0.39, 0.29) is 17.4 Å². The minimum Gasteiger partial charge on any atom is -0.504 e. The summed E-state index contributed by atoms with van der Waals surface area (Å²) in [7, 11) is 0. The number of hydrogen-bond donors (Lipinski definition) is 4. The number of phenols is 2. The summed E-state index contributed by atoms with van der Waals surface area (Å²) < 4.78 is 0. The van der Waals surface area contributed by atoms with Gasteiger partial charge < -0.3 is 15.5 Å².